The van der Waals surface area contributed by atoms with E-state index in [1.165, 1.54) is 66.0 Å². The number of fused-ring (bicyclic) bond motifs is 4. The molecule has 0 radical (unpaired) electrons. The highest BCUT2D eigenvalue weighted by atomic mass is 16.4. The molecule has 0 atom stereocenters. The van der Waals surface area contributed by atoms with Gasteiger partial charge in [-0.25, -0.2) is 0 Å². The molecule has 11 rings (SSSR count). The molecule has 2 heterocycles. The first-order valence-corrected chi connectivity index (χ1v) is 19.6. The molecule has 9 aromatic carbocycles. The summed E-state index contributed by atoms with van der Waals surface area (Å²) >= 11 is 0. The first-order chi connectivity index (χ1) is 28.8. The highest BCUT2D eigenvalue weighted by molar-refractivity contribution is 6.13. The maximum Gasteiger partial charge on any atom is 0.248 e. The molecule has 11 aromatic rings. The Morgan fingerprint density at radius 1 is 0.310 bits per heavy atom. The van der Waals surface area contributed by atoms with Crippen LogP contribution in [0.2, 0.25) is 0 Å². The van der Waals surface area contributed by atoms with Crippen LogP contribution in [0, 0.1) is 0 Å². The van der Waals surface area contributed by atoms with Gasteiger partial charge >= 0.3 is 0 Å². The van der Waals surface area contributed by atoms with Crippen molar-refractivity contribution in [2.24, 2.45) is 0 Å². The molecule has 0 saturated carbocycles. The van der Waals surface area contributed by atoms with Crippen molar-refractivity contribution in [3.63, 3.8) is 0 Å². The third-order valence-corrected chi connectivity index (χ3v) is 11.2. The van der Waals surface area contributed by atoms with Gasteiger partial charge in [-0.1, -0.05) is 152 Å². The van der Waals surface area contributed by atoms with Crippen LogP contribution in [0.4, 0.5) is 0 Å². The topological polar surface area (TPSA) is 43.9 Å². The molecule has 0 saturated heterocycles. The predicted octanol–water partition coefficient (Wildman–Crippen LogP) is 14.3. The van der Waals surface area contributed by atoms with Gasteiger partial charge in [0.1, 0.15) is 0 Å². The molecule has 0 fully saturated rings. The zero-order valence-corrected chi connectivity index (χ0v) is 31.5. The third kappa shape index (κ3) is 5.78. The Kier molecular flexibility index (Phi) is 8.11. The highest BCUT2D eigenvalue weighted by Gasteiger charge is 2.18. The molecule has 0 aliphatic carbocycles. The van der Waals surface area contributed by atoms with Gasteiger partial charge in [-0.15, -0.1) is 10.2 Å². The van der Waals surface area contributed by atoms with E-state index in [-0.39, 0.29) is 0 Å². The van der Waals surface area contributed by atoms with Crippen LogP contribution < -0.4 is 0 Å². The van der Waals surface area contributed by atoms with Crippen LogP contribution >= 0.6 is 0 Å². The second-order valence-corrected chi connectivity index (χ2v) is 14.6. The van der Waals surface area contributed by atoms with E-state index < -0.39 is 0 Å². The molecule has 0 aliphatic rings. The van der Waals surface area contributed by atoms with E-state index >= 15 is 0 Å². The Morgan fingerprint density at radius 2 is 0.759 bits per heavy atom. The molecular weight excluding hydrogens is 707 g/mol. The van der Waals surface area contributed by atoms with Crippen molar-refractivity contribution in [2.45, 2.75) is 0 Å². The van der Waals surface area contributed by atoms with Gasteiger partial charge in [0.15, 0.2) is 0 Å². The van der Waals surface area contributed by atoms with Gasteiger partial charge in [0.2, 0.25) is 11.8 Å². The number of para-hydroxylation sites is 1. The van der Waals surface area contributed by atoms with Crippen molar-refractivity contribution in [2.75, 3.05) is 0 Å². The van der Waals surface area contributed by atoms with Crippen LogP contribution in [0.5, 0.6) is 0 Å². The zero-order valence-electron chi connectivity index (χ0n) is 31.5. The summed E-state index contributed by atoms with van der Waals surface area (Å²) in [6.45, 7) is 0. The van der Waals surface area contributed by atoms with Crippen molar-refractivity contribution in [1.82, 2.24) is 14.8 Å². The Morgan fingerprint density at radius 3 is 1.41 bits per heavy atom. The molecule has 0 amide bonds. The molecule has 4 nitrogen and oxygen atoms in total. The lowest BCUT2D eigenvalue weighted by molar-refractivity contribution is 0.584. The molecule has 0 unspecified atom stereocenters. The summed E-state index contributed by atoms with van der Waals surface area (Å²) in [7, 11) is 0. The van der Waals surface area contributed by atoms with E-state index in [0.717, 1.165) is 27.9 Å². The average molecular weight is 742 g/mol. The summed E-state index contributed by atoms with van der Waals surface area (Å²) < 4.78 is 8.46. The van der Waals surface area contributed by atoms with E-state index in [4.69, 9.17) is 4.42 Å². The van der Waals surface area contributed by atoms with Crippen LogP contribution in [0.15, 0.2) is 217 Å². The van der Waals surface area contributed by atoms with Gasteiger partial charge in [0, 0.05) is 27.6 Å². The number of nitrogens with zero attached hydrogens (tertiary/aromatic N) is 3. The van der Waals surface area contributed by atoms with E-state index in [2.05, 4.69) is 197 Å². The van der Waals surface area contributed by atoms with Crippen molar-refractivity contribution in [1.29, 1.82) is 0 Å². The first-order valence-electron chi connectivity index (χ1n) is 19.6. The van der Waals surface area contributed by atoms with E-state index in [1.54, 1.807) is 0 Å². The van der Waals surface area contributed by atoms with Crippen molar-refractivity contribution in [3.8, 4) is 73.1 Å². The molecule has 2 aromatic heterocycles. The molecule has 272 valence electrons. The normalized spacial score (nSPS) is 11.4. The Bertz CT molecular complexity index is 3260. The molecule has 0 spiro atoms. The lowest BCUT2D eigenvalue weighted by atomic mass is 9.89. The number of rotatable bonds is 7. The van der Waals surface area contributed by atoms with Crippen LogP contribution in [-0.4, -0.2) is 14.8 Å². The van der Waals surface area contributed by atoms with Gasteiger partial charge in [-0.2, -0.15) is 0 Å². The molecular formula is C54H35N3O. The summed E-state index contributed by atoms with van der Waals surface area (Å²) in [5.41, 5.74) is 14.7. The number of benzene rings is 9. The summed E-state index contributed by atoms with van der Waals surface area (Å²) in [6, 6.07) is 75.4. The summed E-state index contributed by atoms with van der Waals surface area (Å²) in [5.74, 6) is 1.01. The van der Waals surface area contributed by atoms with Gasteiger partial charge in [-0.05, 0) is 116 Å². The fraction of sp³-hybridized carbons (Fsp3) is 0. The van der Waals surface area contributed by atoms with Crippen molar-refractivity contribution < 1.29 is 4.42 Å². The molecule has 0 aliphatic heterocycles. The Balaban J connectivity index is 1.02. The van der Waals surface area contributed by atoms with Crippen LogP contribution in [0.25, 0.3) is 106 Å². The van der Waals surface area contributed by atoms with Crippen LogP contribution in [0.1, 0.15) is 0 Å². The zero-order chi connectivity index (χ0) is 38.4. The second-order valence-electron chi connectivity index (χ2n) is 14.6. The number of hydrogen-bond acceptors (Lipinski definition) is 3. The standard InChI is InChI=1S/C54H35N3O/c1-3-15-38(16-4-1)53-55-56-54(58-53)39-28-26-37(27-29-39)44-21-9-11-23-47(44)48-24-12-10-22-46(48)41-31-33-52-50(35-41)49-34-40(45-25-13-17-36-14-7-8-20-43(36)45)30-32-51(49)57(52)42-18-5-2-6-19-42/h1-35H. The monoisotopic (exact) mass is 741 g/mol. The van der Waals surface area contributed by atoms with Crippen LogP contribution in [-0.2, 0) is 0 Å². The largest absolute Gasteiger partial charge is 0.416 e. The lowest BCUT2D eigenvalue weighted by Crippen LogP contribution is -1.93. The first kappa shape index (κ1) is 33.5. The number of hydrogen-bond donors (Lipinski definition) is 0. The Hall–Kier alpha value is -7.82. The SMILES string of the molecule is c1ccc(-c2nnc(-c3ccc(-c4ccccc4-c4ccccc4-c4ccc5c(c4)c4cc(-c6cccc7ccccc67)ccc4n5-c4ccccc4)cc3)o2)cc1. The maximum absolute atomic E-state index is 6.07. The highest BCUT2D eigenvalue weighted by Crippen LogP contribution is 2.42. The Labute approximate surface area is 335 Å². The minimum Gasteiger partial charge on any atom is -0.416 e. The van der Waals surface area contributed by atoms with E-state index in [0.29, 0.717) is 11.8 Å². The lowest BCUT2D eigenvalue weighted by Gasteiger charge is -2.15. The molecule has 58 heavy (non-hydrogen) atoms. The minimum absolute atomic E-state index is 0.497. The second kappa shape index (κ2) is 14.0. The maximum atomic E-state index is 6.07. The fourth-order valence-electron chi connectivity index (χ4n) is 8.46. The smallest absolute Gasteiger partial charge is 0.248 e. The molecule has 4 heteroatoms. The van der Waals surface area contributed by atoms with Crippen molar-refractivity contribution >= 4 is 32.6 Å². The summed E-state index contributed by atoms with van der Waals surface area (Å²) in [5, 5.41) is 13.6. The predicted molar refractivity (Wildman–Crippen MR) is 239 cm³/mol. The van der Waals surface area contributed by atoms with E-state index in [1.807, 2.05) is 30.3 Å². The van der Waals surface area contributed by atoms with Gasteiger partial charge in [0.25, 0.3) is 0 Å². The van der Waals surface area contributed by atoms with Crippen LogP contribution in [0.3, 0.4) is 0 Å². The third-order valence-electron chi connectivity index (χ3n) is 11.2. The van der Waals surface area contributed by atoms with E-state index in [9.17, 15) is 0 Å². The van der Waals surface area contributed by atoms with Gasteiger partial charge < -0.3 is 8.98 Å². The van der Waals surface area contributed by atoms with Gasteiger partial charge in [-0.3, -0.25) is 0 Å². The fourth-order valence-corrected chi connectivity index (χ4v) is 8.46. The van der Waals surface area contributed by atoms with Gasteiger partial charge in [0.05, 0.1) is 11.0 Å². The number of aromatic nitrogens is 3. The quantitative estimate of drug-likeness (QED) is 0.163. The summed E-state index contributed by atoms with van der Waals surface area (Å²) in [6.07, 6.45) is 0. The summed E-state index contributed by atoms with van der Waals surface area (Å²) in [4.78, 5) is 0. The minimum atomic E-state index is 0.497. The molecule has 0 bridgehead atoms. The average Bonchev–Trinajstić information content (AvgIpc) is 3.93. The molecule has 0 N–H and O–H groups in total. The van der Waals surface area contributed by atoms with Crippen molar-refractivity contribution in [3.05, 3.63) is 212 Å².